The van der Waals surface area contributed by atoms with Gasteiger partial charge in [-0.15, -0.1) is 0 Å². The van der Waals surface area contributed by atoms with Gasteiger partial charge in [0, 0.05) is 28.6 Å². The zero-order chi connectivity index (χ0) is 14.0. The lowest BCUT2D eigenvalue weighted by atomic mass is 10.0. The van der Waals surface area contributed by atoms with E-state index in [0.717, 1.165) is 6.21 Å². The van der Waals surface area contributed by atoms with Gasteiger partial charge in [0.1, 0.15) is 0 Å². The van der Waals surface area contributed by atoms with Gasteiger partial charge >= 0.3 is 0 Å². The third-order valence-electron chi connectivity index (χ3n) is 2.71. The summed E-state index contributed by atoms with van der Waals surface area (Å²) in [5.41, 5.74) is 7.65. The van der Waals surface area contributed by atoms with Gasteiger partial charge in [-0.3, -0.25) is 10.1 Å². The van der Waals surface area contributed by atoms with Crippen molar-refractivity contribution in [3.63, 3.8) is 0 Å². The standard InChI is InChI=1S/C13H10ClN3O2/c14-10-2-3-11(13(6-10)17(18)19)8-1-4-12(16)9(5-8)7-15/h1-7,15H,16H2. The van der Waals surface area contributed by atoms with Gasteiger partial charge < -0.3 is 11.1 Å². The number of rotatable bonds is 3. The average Bonchev–Trinajstić information content (AvgIpc) is 2.39. The molecule has 19 heavy (non-hydrogen) atoms. The summed E-state index contributed by atoms with van der Waals surface area (Å²) in [6.45, 7) is 0. The lowest BCUT2D eigenvalue weighted by molar-refractivity contribution is -0.384. The second-order valence-corrected chi connectivity index (χ2v) is 4.34. The molecule has 0 saturated heterocycles. The van der Waals surface area contributed by atoms with E-state index in [1.54, 1.807) is 30.3 Å². The molecule has 3 N–H and O–H groups in total. The molecule has 2 aromatic rings. The van der Waals surface area contributed by atoms with Crippen molar-refractivity contribution in [3.8, 4) is 11.1 Å². The Kier molecular flexibility index (Phi) is 3.48. The number of hydrogen-bond donors (Lipinski definition) is 2. The first kappa shape index (κ1) is 13.0. The predicted molar refractivity (Wildman–Crippen MR) is 75.8 cm³/mol. The maximum atomic E-state index is 11.0. The summed E-state index contributed by atoms with van der Waals surface area (Å²) in [7, 11) is 0. The first-order valence-corrected chi connectivity index (χ1v) is 5.75. The molecular formula is C13H10ClN3O2. The van der Waals surface area contributed by atoms with E-state index in [4.69, 9.17) is 22.7 Å². The minimum atomic E-state index is -0.484. The van der Waals surface area contributed by atoms with Crippen molar-refractivity contribution in [2.45, 2.75) is 0 Å². The number of nitrogens with zero attached hydrogens (tertiary/aromatic N) is 1. The quantitative estimate of drug-likeness (QED) is 0.388. The van der Waals surface area contributed by atoms with Crippen molar-refractivity contribution in [1.82, 2.24) is 0 Å². The van der Waals surface area contributed by atoms with Gasteiger partial charge in [-0.25, -0.2) is 0 Å². The van der Waals surface area contributed by atoms with Crippen molar-refractivity contribution in [2.75, 3.05) is 5.73 Å². The van der Waals surface area contributed by atoms with Crippen LogP contribution in [0.3, 0.4) is 0 Å². The number of nitro groups is 1. The van der Waals surface area contributed by atoms with Crippen LogP contribution >= 0.6 is 11.6 Å². The highest BCUT2D eigenvalue weighted by molar-refractivity contribution is 6.31. The zero-order valence-corrected chi connectivity index (χ0v) is 10.5. The molecule has 0 saturated carbocycles. The third kappa shape index (κ3) is 2.56. The summed E-state index contributed by atoms with van der Waals surface area (Å²) in [6.07, 6.45) is 1.11. The van der Waals surface area contributed by atoms with Crippen LogP contribution in [0.2, 0.25) is 5.02 Å². The highest BCUT2D eigenvalue weighted by atomic mass is 35.5. The monoisotopic (exact) mass is 275 g/mol. The fourth-order valence-corrected chi connectivity index (χ4v) is 1.93. The molecule has 0 radical (unpaired) electrons. The number of nitrogen functional groups attached to an aromatic ring is 1. The highest BCUT2D eigenvalue weighted by Crippen LogP contribution is 2.33. The first-order chi connectivity index (χ1) is 9.02. The second kappa shape index (κ2) is 5.07. The van der Waals surface area contributed by atoms with E-state index in [9.17, 15) is 10.1 Å². The van der Waals surface area contributed by atoms with Gasteiger partial charge in [0.05, 0.1) is 10.5 Å². The maximum Gasteiger partial charge on any atom is 0.278 e. The van der Waals surface area contributed by atoms with Gasteiger partial charge in [0.2, 0.25) is 0 Å². The molecule has 96 valence electrons. The van der Waals surface area contributed by atoms with E-state index in [1.807, 2.05) is 0 Å². The molecular weight excluding hydrogens is 266 g/mol. The maximum absolute atomic E-state index is 11.0. The number of nitrogens with one attached hydrogen (secondary N) is 1. The lowest BCUT2D eigenvalue weighted by Gasteiger charge is -2.06. The van der Waals surface area contributed by atoms with Gasteiger partial charge in [0.15, 0.2) is 0 Å². The molecule has 2 rings (SSSR count). The number of hydrogen-bond acceptors (Lipinski definition) is 4. The first-order valence-electron chi connectivity index (χ1n) is 5.37. The normalized spacial score (nSPS) is 10.2. The smallest absolute Gasteiger partial charge is 0.278 e. The molecule has 0 fully saturated rings. The summed E-state index contributed by atoms with van der Waals surface area (Å²) < 4.78 is 0. The molecule has 0 atom stereocenters. The van der Waals surface area contributed by atoms with Gasteiger partial charge in [-0.05, 0) is 29.8 Å². The molecule has 0 aliphatic heterocycles. The predicted octanol–water partition coefficient (Wildman–Crippen LogP) is 3.50. The van der Waals surface area contributed by atoms with Crippen LogP contribution in [0.5, 0.6) is 0 Å². The van der Waals surface area contributed by atoms with E-state index in [2.05, 4.69) is 0 Å². The molecule has 5 nitrogen and oxygen atoms in total. The Morgan fingerprint density at radius 1 is 1.26 bits per heavy atom. The van der Waals surface area contributed by atoms with E-state index in [0.29, 0.717) is 27.4 Å². The minimum absolute atomic E-state index is 0.0757. The zero-order valence-electron chi connectivity index (χ0n) is 9.76. The highest BCUT2D eigenvalue weighted by Gasteiger charge is 2.16. The van der Waals surface area contributed by atoms with Crippen molar-refractivity contribution in [2.24, 2.45) is 0 Å². The van der Waals surface area contributed by atoms with Crippen LogP contribution in [-0.2, 0) is 0 Å². The molecule has 0 bridgehead atoms. The van der Waals surface area contributed by atoms with Gasteiger partial charge in [-0.2, -0.15) is 0 Å². The van der Waals surface area contributed by atoms with E-state index >= 15 is 0 Å². The Hall–Kier alpha value is -2.40. The van der Waals surface area contributed by atoms with Gasteiger partial charge in [0.25, 0.3) is 5.69 Å². The Morgan fingerprint density at radius 3 is 2.63 bits per heavy atom. The molecule has 0 heterocycles. The number of anilines is 1. The number of halogens is 1. The van der Waals surface area contributed by atoms with Crippen LogP contribution in [0.15, 0.2) is 36.4 Å². The van der Waals surface area contributed by atoms with E-state index < -0.39 is 4.92 Å². The Morgan fingerprint density at radius 2 is 2.00 bits per heavy atom. The molecule has 0 aromatic heterocycles. The van der Waals surface area contributed by atoms with Crippen molar-refractivity contribution >= 4 is 29.2 Å². The summed E-state index contributed by atoms with van der Waals surface area (Å²) in [5.74, 6) is 0. The number of benzene rings is 2. The summed E-state index contributed by atoms with van der Waals surface area (Å²) >= 11 is 5.77. The average molecular weight is 276 g/mol. The number of nitrogens with two attached hydrogens (primary N) is 1. The van der Waals surface area contributed by atoms with Crippen LogP contribution < -0.4 is 5.73 Å². The topological polar surface area (TPSA) is 93.0 Å². The Bertz CT molecular complexity index is 671. The lowest BCUT2D eigenvalue weighted by Crippen LogP contribution is -1.95. The van der Waals surface area contributed by atoms with Crippen LogP contribution in [0.4, 0.5) is 11.4 Å². The van der Waals surface area contributed by atoms with Crippen molar-refractivity contribution in [3.05, 3.63) is 57.1 Å². The number of nitro benzene ring substituents is 1. The van der Waals surface area contributed by atoms with Crippen LogP contribution in [-0.4, -0.2) is 11.1 Å². The molecule has 0 amide bonds. The fourth-order valence-electron chi connectivity index (χ4n) is 1.77. The largest absolute Gasteiger partial charge is 0.398 e. The molecule has 2 aromatic carbocycles. The molecule has 0 unspecified atom stereocenters. The molecule has 0 aliphatic carbocycles. The Balaban J connectivity index is 2.65. The third-order valence-corrected chi connectivity index (χ3v) is 2.94. The second-order valence-electron chi connectivity index (χ2n) is 3.91. The van der Waals surface area contributed by atoms with Gasteiger partial charge in [-0.1, -0.05) is 17.7 Å². The Labute approximate surface area is 114 Å². The summed E-state index contributed by atoms with van der Waals surface area (Å²) in [6, 6.07) is 9.41. The SMILES string of the molecule is N=Cc1cc(-c2ccc(Cl)cc2[N+](=O)[O-])ccc1N. The van der Waals surface area contributed by atoms with Crippen molar-refractivity contribution in [1.29, 1.82) is 5.41 Å². The van der Waals surface area contributed by atoms with E-state index in [1.165, 1.54) is 6.07 Å². The molecule has 0 aliphatic rings. The van der Waals surface area contributed by atoms with E-state index in [-0.39, 0.29) is 5.69 Å². The minimum Gasteiger partial charge on any atom is -0.398 e. The van der Waals surface area contributed by atoms with Crippen LogP contribution in [0.1, 0.15) is 5.56 Å². The van der Waals surface area contributed by atoms with Crippen molar-refractivity contribution < 1.29 is 4.92 Å². The molecule has 0 spiro atoms. The molecule has 6 heteroatoms. The fraction of sp³-hybridized carbons (Fsp3) is 0. The van der Waals surface area contributed by atoms with Crippen LogP contribution in [0, 0.1) is 15.5 Å². The summed E-state index contributed by atoms with van der Waals surface area (Å²) in [5, 5.41) is 18.6. The summed E-state index contributed by atoms with van der Waals surface area (Å²) in [4.78, 5) is 10.6. The van der Waals surface area contributed by atoms with Crippen LogP contribution in [0.25, 0.3) is 11.1 Å².